The predicted octanol–water partition coefficient (Wildman–Crippen LogP) is 6.30. The van der Waals surface area contributed by atoms with E-state index in [0.717, 1.165) is 5.92 Å². The fraction of sp³-hybridized carbons (Fsp3) is 1.00. The maximum absolute atomic E-state index is 2.41. The van der Waals surface area contributed by atoms with Gasteiger partial charge < -0.3 is 0 Å². The predicted molar refractivity (Wildman–Crippen MR) is 83.3 cm³/mol. The molecule has 0 amide bonds. The first-order valence-electron chi connectivity index (χ1n) is 8.28. The van der Waals surface area contributed by atoms with Crippen molar-refractivity contribution in [2.24, 2.45) is 5.92 Å². The summed E-state index contributed by atoms with van der Waals surface area (Å²) in [4.78, 5) is 0. The van der Waals surface area contributed by atoms with Crippen molar-refractivity contribution in [2.75, 3.05) is 0 Å². The van der Waals surface area contributed by atoms with Gasteiger partial charge in [-0.25, -0.2) is 0 Å². The minimum absolute atomic E-state index is 0.338. The van der Waals surface area contributed by atoms with E-state index in [9.17, 15) is 0 Å². The van der Waals surface area contributed by atoms with Crippen molar-refractivity contribution in [1.29, 1.82) is 0 Å². The monoisotopic (exact) mass is 254 g/mol. The SMILES string of the molecule is CCCCCCCCC(CC)[CH2][Al]([CH2]C)[CH2]C. The fourth-order valence-electron chi connectivity index (χ4n) is 2.80. The second-order valence-electron chi connectivity index (χ2n) is 5.75. The van der Waals surface area contributed by atoms with Gasteiger partial charge in [0.05, 0.1) is 0 Å². The van der Waals surface area contributed by atoms with Crippen LogP contribution in [0, 0.1) is 5.92 Å². The molecule has 0 heterocycles. The first kappa shape index (κ1) is 17.5. The van der Waals surface area contributed by atoms with Crippen LogP contribution in [0.25, 0.3) is 0 Å². The molecule has 0 radical (unpaired) electrons. The van der Waals surface area contributed by atoms with E-state index >= 15 is 0 Å². The summed E-state index contributed by atoms with van der Waals surface area (Å²) in [5.74, 6) is 1.07. The van der Waals surface area contributed by atoms with Crippen molar-refractivity contribution >= 4 is 14.1 Å². The zero-order valence-corrected chi connectivity index (χ0v) is 14.1. The van der Waals surface area contributed by atoms with Gasteiger partial charge in [-0.2, -0.15) is 0 Å². The number of unbranched alkanes of at least 4 members (excludes halogenated alkanes) is 5. The van der Waals surface area contributed by atoms with Crippen LogP contribution in [-0.2, 0) is 0 Å². The molecule has 0 aromatic rings. The molecule has 0 bridgehead atoms. The summed E-state index contributed by atoms with van der Waals surface area (Å²) < 4.78 is 0. The molecule has 0 aliphatic heterocycles. The lowest BCUT2D eigenvalue weighted by Gasteiger charge is -2.17. The quantitative estimate of drug-likeness (QED) is 0.283. The van der Waals surface area contributed by atoms with Gasteiger partial charge >= 0.3 is 0 Å². The van der Waals surface area contributed by atoms with E-state index in [1.54, 1.807) is 5.28 Å². The van der Waals surface area contributed by atoms with Crippen LogP contribution in [0.4, 0.5) is 0 Å². The minimum Gasteiger partial charge on any atom is -0.0967 e. The Hall–Kier alpha value is 0.532. The third kappa shape index (κ3) is 10.2. The number of hydrogen-bond acceptors (Lipinski definition) is 0. The summed E-state index contributed by atoms with van der Waals surface area (Å²) >= 11 is -0.338. The Balaban J connectivity index is 3.53. The lowest BCUT2D eigenvalue weighted by atomic mass is 9.99. The summed E-state index contributed by atoms with van der Waals surface area (Å²) in [6, 6.07) is 0. The Bertz CT molecular complexity index is 140. The zero-order chi connectivity index (χ0) is 12.9. The van der Waals surface area contributed by atoms with Crippen LogP contribution in [0.2, 0.25) is 15.8 Å². The van der Waals surface area contributed by atoms with E-state index in [2.05, 4.69) is 27.7 Å². The molecule has 17 heavy (non-hydrogen) atoms. The van der Waals surface area contributed by atoms with E-state index in [-0.39, 0.29) is 14.1 Å². The van der Waals surface area contributed by atoms with Crippen LogP contribution in [0.3, 0.4) is 0 Å². The van der Waals surface area contributed by atoms with Gasteiger partial charge in [0.25, 0.3) is 14.1 Å². The fourth-order valence-corrected chi connectivity index (χ4v) is 5.55. The Morgan fingerprint density at radius 1 is 0.765 bits per heavy atom. The van der Waals surface area contributed by atoms with Crippen LogP contribution in [0.15, 0.2) is 0 Å². The number of rotatable bonds is 12. The van der Waals surface area contributed by atoms with Crippen molar-refractivity contribution in [3.05, 3.63) is 0 Å². The molecular formula is C16H35Al. The van der Waals surface area contributed by atoms with Gasteiger partial charge in [-0.3, -0.25) is 0 Å². The maximum Gasteiger partial charge on any atom is 0.261 e. The summed E-state index contributed by atoms with van der Waals surface area (Å²) in [6.45, 7) is 9.53. The van der Waals surface area contributed by atoms with E-state index < -0.39 is 0 Å². The second-order valence-corrected chi connectivity index (χ2v) is 9.59. The van der Waals surface area contributed by atoms with Crippen LogP contribution >= 0.6 is 0 Å². The van der Waals surface area contributed by atoms with Crippen LogP contribution < -0.4 is 0 Å². The maximum atomic E-state index is 2.41. The van der Waals surface area contributed by atoms with Crippen molar-refractivity contribution in [1.82, 2.24) is 0 Å². The molecule has 0 saturated carbocycles. The lowest BCUT2D eigenvalue weighted by Crippen LogP contribution is -2.14. The first-order chi connectivity index (χ1) is 8.28. The van der Waals surface area contributed by atoms with Crippen molar-refractivity contribution in [3.8, 4) is 0 Å². The average Bonchev–Trinajstić information content (AvgIpc) is 2.37. The van der Waals surface area contributed by atoms with Crippen molar-refractivity contribution in [2.45, 2.75) is 94.9 Å². The van der Waals surface area contributed by atoms with Gasteiger partial charge in [0, 0.05) is 0 Å². The van der Waals surface area contributed by atoms with Crippen LogP contribution in [0.5, 0.6) is 0 Å². The molecule has 0 saturated heterocycles. The molecule has 0 aromatic carbocycles. The smallest absolute Gasteiger partial charge is 0.0967 e. The molecule has 1 unspecified atom stereocenters. The average molecular weight is 254 g/mol. The van der Waals surface area contributed by atoms with Gasteiger partial charge in [0.1, 0.15) is 0 Å². The third-order valence-corrected chi connectivity index (χ3v) is 8.01. The van der Waals surface area contributed by atoms with E-state index in [0.29, 0.717) is 0 Å². The molecule has 0 fully saturated rings. The highest BCUT2D eigenvalue weighted by molar-refractivity contribution is 6.58. The zero-order valence-electron chi connectivity index (χ0n) is 12.9. The second kappa shape index (κ2) is 13.0. The van der Waals surface area contributed by atoms with Gasteiger partial charge in [-0.05, 0) is 0 Å². The summed E-state index contributed by atoms with van der Waals surface area (Å²) in [6.07, 6.45) is 11.7. The Kier molecular flexibility index (Phi) is 13.4. The highest BCUT2D eigenvalue weighted by atomic mass is 27.2. The van der Waals surface area contributed by atoms with Crippen LogP contribution in [0.1, 0.15) is 79.1 Å². The largest absolute Gasteiger partial charge is 0.261 e. The molecule has 1 heteroatoms. The third-order valence-electron chi connectivity index (χ3n) is 4.36. The number of hydrogen-bond donors (Lipinski definition) is 0. The molecule has 0 aliphatic rings. The van der Waals surface area contributed by atoms with Gasteiger partial charge in [-0.15, -0.1) is 0 Å². The summed E-state index contributed by atoms with van der Waals surface area (Å²) in [5, 5.41) is 4.66. The molecular weight excluding hydrogens is 219 g/mol. The van der Waals surface area contributed by atoms with Crippen LogP contribution in [-0.4, -0.2) is 14.1 Å². The van der Waals surface area contributed by atoms with E-state index in [1.807, 2.05) is 0 Å². The Morgan fingerprint density at radius 2 is 1.35 bits per heavy atom. The molecule has 0 rings (SSSR count). The van der Waals surface area contributed by atoms with Crippen molar-refractivity contribution in [3.63, 3.8) is 0 Å². The Morgan fingerprint density at radius 3 is 1.88 bits per heavy atom. The lowest BCUT2D eigenvalue weighted by molar-refractivity contribution is 0.468. The standard InChI is InChI=1S/C12H25.2C2H5.Al/c1-4-6-7-8-9-10-11-12(3)5-2;2*1-2;/h12H,3-11H2,1-2H3;2*1H2,2H3;. The highest BCUT2D eigenvalue weighted by Crippen LogP contribution is 2.22. The molecule has 102 valence electrons. The molecule has 0 N–H and O–H groups in total. The molecule has 0 nitrogen and oxygen atoms in total. The van der Waals surface area contributed by atoms with Crippen molar-refractivity contribution < 1.29 is 0 Å². The normalized spacial score (nSPS) is 12.7. The molecule has 0 aromatic heterocycles. The minimum atomic E-state index is -0.338. The van der Waals surface area contributed by atoms with E-state index in [1.165, 1.54) is 61.9 Å². The molecule has 0 aliphatic carbocycles. The topological polar surface area (TPSA) is 0 Å². The molecule has 1 atom stereocenters. The summed E-state index contributed by atoms with van der Waals surface area (Å²) in [5.41, 5.74) is 0. The van der Waals surface area contributed by atoms with Gasteiger partial charge in [-0.1, -0.05) is 101 Å². The summed E-state index contributed by atoms with van der Waals surface area (Å²) in [7, 11) is 0. The highest BCUT2D eigenvalue weighted by Gasteiger charge is 2.17. The van der Waals surface area contributed by atoms with Gasteiger partial charge in [0.2, 0.25) is 0 Å². The van der Waals surface area contributed by atoms with Gasteiger partial charge in [0.15, 0.2) is 0 Å². The molecule has 0 spiro atoms. The Labute approximate surface area is 115 Å². The van der Waals surface area contributed by atoms with E-state index in [4.69, 9.17) is 0 Å². The first-order valence-corrected chi connectivity index (χ1v) is 10.7.